The van der Waals surface area contributed by atoms with Crippen LogP contribution in [0.3, 0.4) is 0 Å². The average Bonchev–Trinajstić information content (AvgIpc) is 2.62. The first kappa shape index (κ1) is 15.3. The molecule has 0 aliphatic carbocycles. The topological polar surface area (TPSA) is 52.6 Å². The highest BCUT2D eigenvalue weighted by Crippen LogP contribution is 2.16. The molecule has 6 nitrogen and oxygen atoms in total. The third kappa shape index (κ3) is 3.41. The largest absolute Gasteiger partial charge is 0.378 e. The van der Waals surface area contributed by atoms with Gasteiger partial charge < -0.3 is 14.7 Å². The molecule has 1 aromatic heterocycles. The van der Waals surface area contributed by atoms with Crippen LogP contribution in [0.2, 0.25) is 0 Å². The molecule has 2 heterocycles. The minimum Gasteiger partial charge on any atom is -0.378 e. The van der Waals surface area contributed by atoms with Crippen LogP contribution in [-0.2, 0) is 0 Å². The van der Waals surface area contributed by atoms with Crippen LogP contribution in [0.15, 0.2) is 42.9 Å². The summed E-state index contributed by atoms with van der Waals surface area (Å²) >= 11 is 0. The van der Waals surface area contributed by atoms with Gasteiger partial charge in [-0.1, -0.05) is 0 Å². The van der Waals surface area contributed by atoms with E-state index < -0.39 is 0 Å². The normalized spacial score (nSPS) is 14.7. The van der Waals surface area contributed by atoms with Crippen LogP contribution in [0.4, 0.5) is 11.5 Å². The van der Waals surface area contributed by atoms with Gasteiger partial charge in [-0.05, 0) is 24.3 Å². The number of hydrogen-bond acceptors (Lipinski definition) is 5. The molecule has 0 radical (unpaired) electrons. The number of rotatable bonds is 3. The van der Waals surface area contributed by atoms with Crippen LogP contribution < -0.4 is 9.80 Å². The lowest BCUT2D eigenvalue weighted by atomic mass is 10.1. The van der Waals surface area contributed by atoms with Gasteiger partial charge in [-0.3, -0.25) is 9.78 Å². The van der Waals surface area contributed by atoms with Gasteiger partial charge in [-0.15, -0.1) is 0 Å². The van der Waals surface area contributed by atoms with Gasteiger partial charge in [0.05, 0.1) is 6.20 Å². The molecule has 6 heteroatoms. The summed E-state index contributed by atoms with van der Waals surface area (Å²) in [7, 11) is 3.98. The first-order valence-electron chi connectivity index (χ1n) is 7.73. The first-order valence-corrected chi connectivity index (χ1v) is 7.73. The third-order valence-corrected chi connectivity index (χ3v) is 4.07. The van der Waals surface area contributed by atoms with E-state index in [1.54, 1.807) is 18.6 Å². The van der Waals surface area contributed by atoms with Crippen LogP contribution >= 0.6 is 0 Å². The molecular formula is C17H21N5O. The van der Waals surface area contributed by atoms with Gasteiger partial charge in [0, 0.05) is 63.9 Å². The van der Waals surface area contributed by atoms with E-state index in [1.165, 1.54) is 0 Å². The van der Waals surface area contributed by atoms with Crippen LogP contribution in [0.5, 0.6) is 0 Å². The van der Waals surface area contributed by atoms with Crippen molar-refractivity contribution in [1.82, 2.24) is 14.9 Å². The third-order valence-electron chi connectivity index (χ3n) is 4.07. The fourth-order valence-electron chi connectivity index (χ4n) is 2.68. The van der Waals surface area contributed by atoms with Gasteiger partial charge in [0.2, 0.25) is 0 Å². The molecule has 0 atom stereocenters. The maximum Gasteiger partial charge on any atom is 0.253 e. The van der Waals surface area contributed by atoms with Crippen molar-refractivity contribution in [2.75, 3.05) is 50.1 Å². The number of piperazine rings is 1. The van der Waals surface area contributed by atoms with E-state index in [4.69, 9.17) is 0 Å². The zero-order valence-corrected chi connectivity index (χ0v) is 13.5. The quantitative estimate of drug-likeness (QED) is 0.860. The standard InChI is InChI=1S/C17H21N5O/c1-20(2)15-5-3-14(4-6-15)17(23)22-11-9-21(10-12-22)16-13-18-7-8-19-16/h3-8,13H,9-12H2,1-2H3. The van der Waals surface area contributed by atoms with Gasteiger partial charge in [0.15, 0.2) is 0 Å². The Balaban J connectivity index is 1.62. The summed E-state index contributed by atoms with van der Waals surface area (Å²) < 4.78 is 0. The number of amides is 1. The second kappa shape index (κ2) is 6.64. The van der Waals surface area contributed by atoms with Crippen molar-refractivity contribution < 1.29 is 4.79 Å². The molecule has 0 bridgehead atoms. The molecule has 3 rings (SSSR count). The number of aromatic nitrogens is 2. The fraction of sp³-hybridized carbons (Fsp3) is 0.353. The van der Waals surface area contributed by atoms with E-state index in [9.17, 15) is 4.79 Å². The number of nitrogens with zero attached hydrogens (tertiary/aromatic N) is 5. The molecule has 0 unspecified atom stereocenters. The molecule has 1 saturated heterocycles. The van der Waals surface area contributed by atoms with Gasteiger partial charge in [-0.2, -0.15) is 0 Å². The lowest BCUT2D eigenvalue weighted by molar-refractivity contribution is 0.0746. The monoisotopic (exact) mass is 311 g/mol. The highest BCUT2D eigenvalue weighted by molar-refractivity contribution is 5.94. The Labute approximate surface area is 136 Å². The SMILES string of the molecule is CN(C)c1ccc(C(=O)N2CCN(c3cnccn3)CC2)cc1. The summed E-state index contributed by atoms with van der Waals surface area (Å²) in [6, 6.07) is 7.74. The Morgan fingerprint density at radius 1 is 1.04 bits per heavy atom. The van der Waals surface area contributed by atoms with Crippen molar-refractivity contribution in [3.8, 4) is 0 Å². The van der Waals surface area contributed by atoms with Gasteiger partial charge >= 0.3 is 0 Å². The predicted octanol–water partition coefficient (Wildman–Crippen LogP) is 1.50. The Hall–Kier alpha value is -2.63. The average molecular weight is 311 g/mol. The van der Waals surface area contributed by atoms with E-state index in [1.807, 2.05) is 48.2 Å². The molecule has 1 aliphatic rings. The van der Waals surface area contributed by atoms with E-state index in [-0.39, 0.29) is 5.91 Å². The van der Waals surface area contributed by atoms with Crippen LogP contribution in [0.1, 0.15) is 10.4 Å². The minimum absolute atomic E-state index is 0.0918. The number of hydrogen-bond donors (Lipinski definition) is 0. The van der Waals surface area contributed by atoms with Crippen molar-refractivity contribution >= 4 is 17.4 Å². The Kier molecular flexibility index (Phi) is 4.41. The van der Waals surface area contributed by atoms with Crippen molar-refractivity contribution in [3.63, 3.8) is 0 Å². The molecule has 1 aromatic carbocycles. The van der Waals surface area contributed by atoms with Crippen molar-refractivity contribution in [2.24, 2.45) is 0 Å². The summed E-state index contributed by atoms with van der Waals surface area (Å²) in [5.74, 6) is 0.962. The van der Waals surface area contributed by atoms with Crippen LogP contribution in [0, 0.1) is 0 Å². The highest BCUT2D eigenvalue weighted by Gasteiger charge is 2.22. The summed E-state index contributed by atoms with van der Waals surface area (Å²) in [4.78, 5) is 27.1. The molecule has 120 valence electrons. The molecule has 1 amide bonds. The zero-order valence-electron chi connectivity index (χ0n) is 13.5. The Morgan fingerprint density at radius 3 is 2.30 bits per heavy atom. The predicted molar refractivity (Wildman–Crippen MR) is 90.9 cm³/mol. The van der Waals surface area contributed by atoms with Gasteiger partial charge in [0.25, 0.3) is 5.91 Å². The summed E-state index contributed by atoms with van der Waals surface area (Å²) in [5.41, 5.74) is 1.83. The smallest absolute Gasteiger partial charge is 0.253 e. The molecule has 1 aliphatic heterocycles. The minimum atomic E-state index is 0.0918. The fourth-order valence-corrected chi connectivity index (χ4v) is 2.68. The number of benzene rings is 1. The Bertz CT molecular complexity index is 648. The van der Waals surface area contributed by atoms with E-state index in [0.29, 0.717) is 13.1 Å². The summed E-state index contributed by atoms with van der Waals surface area (Å²) in [5, 5.41) is 0. The highest BCUT2D eigenvalue weighted by atomic mass is 16.2. The molecule has 0 spiro atoms. The number of carbonyl (C=O) groups excluding carboxylic acids is 1. The van der Waals surface area contributed by atoms with Crippen molar-refractivity contribution in [2.45, 2.75) is 0 Å². The van der Waals surface area contributed by atoms with Crippen LogP contribution in [0.25, 0.3) is 0 Å². The summed E-state index contributed by atoms with van der Waals surface area (Å²) in [6.45, 7) is 2.95. The molecule has 23 heavy (non-hydrogen) atoms. The summed E-state index contributed by atoms with van der Waals surface area (Å²) in [6.07, 6.45) is 5.12. The number of anilines is 2. The van der Waals surface area contributed by atoms with E-state index >= 15 is 0 Å². The second-order valence-corrected chi connectivity index (χ2v) is 5.78. The van der Waals surface area contributed by atoms with Gasteiger partial charge in [-0.25, -0.2) is 4.98 Å². The zero-order chi connectivity index (χ0) is 16.2. The maximum absolute atomic E-state index is 12.6. The van der Waals surface area contributed by atoms with Crippen molar-refractivity contribution in [3.05, 3.63) is 48.4 Å². The number of carbonyl (C=O) groups is 1. The van der Waals surface area contributed by atoms with E-state index in [2.05, 4.69) is 14.9 Å². The molecular weight excluding hydrogens is 290 g/mol. The molecule has 0 saturated carbocycles. The van der Waals surface area contributed by atoms with Crippen molar-refractivity contribution in [1.29, 1.82) is 0 Å². The van der Waals surface area contributed by atoms with Crippen LogP contribution in [-0.4, -0.2) is 61.0 Å². The molecule has 0 N–H and O–H groups in total. The second-order valence-electron chi connectivity index (χ2n) is 5.78. The molecule has 1 fully saturated rings. The first-order chi connectivity index (χ1) is 11.1. The van der Waals surface area contributed by atoms with E-state index in [0.717, 1.165) is 30.2 Å². The lowest BCUT2D eigenvalue weighted by Crippen LogP contribution is -2.49. The lowest BCUT2D eigenvalue weighted by Gasteiger charge is -2.35. The molecule has 2 aromatic rings. The Morgan fingerprint density at radius 2 is 1.74 bits per heavy atom. The van der Waals surface area contributed by atoms with Gasteiger partial charge in [0.1, 0.15) is 5.82 Å². The maximum atomic E-state index is 12.6.